The van der Waals surface area contributed by atoms with E-state index in [1.54, 1.807) is 48.5 Å². The van der Waals surface area contributed by atoms with Gasteiger partial charge in [-0.05, 0) is 97.1 Å². The summed E-state index contributed by atoms with van der Waals surface area (Å²) in [5.74, 6) is 2.33. The van der Waals surface area contributed by atoms with Crippen LogP contribution in [0.3, 0.4) is 0 Å². The van der Waals surface area contributed by atoms with Crippen LogP contribution in [0.4, 0.5) is 22.7 Å². The molecule has 6 aromatic rings. The van der Waals surface area contributed by atoms with Crippen molar-refractivity contribution in [2.45, 2.75) is 9.79 Å². The van der Waals surface area contributed by atoms with Gasteiger partial charge in [-0.15, -0.1) is 0 Å². The Morgan fingerprint density at radius 2 is 0.744 bits per heavy atom. The number of nitrogens with one attached hydrogen (secondary N) is 2. The summed E-state index contributed by atoms with van der Waals surface area (Å²) < 4.78 is 38.6. The first-order valence-electron chi connectivity index (χ1n) is 13.7. The molecule has 212 valence electrons. The third-order valence-corrected chi connectivity index (χ3v) is 8.32. The zero-order valence-electron chi connectivity index (χ0n) is 23.1. The summed E-state index contributed by atoms with van der Waals surface area (Å²) in [7, 11) is -3.73. The second kappa shape index (κ2) is 12.5. The molecule has 6 rings (SSSR count). The Hall–Kier alpha value is -5.53. The molecule has 0 spiro atoms. The van der Waals surface area contributed by atoms with Gasteiger partial charge in [-0.1, -0.05) is 48.5 Å². The lowest BCUT2D eigenvalue weighted by Gasteiger charge is -2.11. The Morgan fingerprint density at radius 3 is 1.14 bits per heavy atom. The Kier molecular flexibility index (Phi) is 8.06. The Balaban J connectivity index is 1.10. The van der Waals surface area contributed by atoms with Gasteiger partial charge in [0.05, 0.1) is 9.79 Å². The SMILES string of the molecule is O=S(=O)(c1ccc(Oc2cccc(Nc3ccccc3)c2)cc1)c1ccc(Oc2cccc(Nc3ccccc3)c2)cc1. The summed E-state index contributed by atoms with van der Waals surface area (Å²) in [4.78, 5) is 0.348. The number of para-hydroxylation sites is 2. The Bertz CT molecular complexity index is 1770. The predicted molar refractivity (Wildman–Crippen MR) is 171 cm³/mol. The first kappa shape index (κ1) is 27.6. The fourth-order valence-corrected chi connectivity index (χ4v) is 5.69. The molecular formula is C36H28N2O4S. The van der Waals surface area contributed by atoms with E-state index in [4.69, 9.17) is 9.47 Å². The fourth-order valence-electron chi connectivity index (χ4n) is 4.43. The largest absolute Gasteiger partial charge is 0.457 e. The molecule has 0 radical (unpaired) electrons. The van der Waals surface area contributed by atoms with Gasteiger partial charge in [0.15, 0.2) is 0 Å². The molecule has 0 unspecified atom stereocenters. The highest BCUT2D eigenvalue weighted by Crippen LogP contribution is 2.30. The quantitative estimate of drug-likeness (QED) is 0.167. The molecular weight excluding hydrogens is 556 g/mol. The van der Waals surface area contributed by atoms with Gasteiger partial charge in [-0.2, -0.15) is 0 Å². The van der Waals surface area contributed by atoms with Gasteiger partial charge < -0.3 is 20.1 Å². The summed E-state index contributed by atoms with van der Waals surface area (Å²) in [6.07, 6.45) is 0. The van der Waals surface area contributed by atoms with E-state index < -0.39 is 9.84 Å². The molecule has 0 saturated carbocycles. The molecule has 2 N–H and O–H groups in total. The second-order valence-electron chi connectivity index (χ2n) is 9.69. The molecule has 7 heteroatoms. The maximum atomic E-state index is 13.3. The highest BCUT2D eigenvalue weighted by Gasteiger charge is 2.18. The van der Waals surface area contributed by atoms with Gasteiger partial charge >= 0.3 is 0 Å². The first-order chi connectivity index (χ1) is 21.0. The van der Waals surface area contributed by atoms with Crippen molar-refractivity contribution in [3.05, 3.63) is 158 Å². The third kappa shape index (κ3) is 7.04. The van der Waals surface area contributed by atoms with Crippen molar-refractivity contribution < 1.29 is 17.9 Å². The van der Waals surface area contributed by atoms with Crippen molar-refractivity contribution in [2.75, 3.05) is 10.6 Å². The molecule has 6 aromatic carbocycles. The van der Waals surface area contributed by atoms with Crippen LogP contribution in [0.25, 0.3) is 0 Å². The topological polar surface area (TPSA) is 76.7 Å². The molecule has 0 amide bonds. The highest BCUT2D eigenvalue weighted by molar-refractivity contribution is 7.91. The lowest BCUT2D eigenvalue weighted by Crippen LogP contribution is -2.02. The van der Waals surface area contributed by atoms with Crippen molar-refractivity contribution >= 4 is 32.6 Å². The normalized spacial score (nSPS) is 11.0. The van der Waals surface area contributed by atoms with E-state index in [1.165, 1.54) is 0 Å². The van der Waals surface area contributed by atoms with E-state index in [0.717, 1.165) is 22.7 Å². The van der Waals surface area contributed by atoms with E-state index in [0.29, 0.717) is 23.0 Å². The van der Waals surface area contributed by atoms with Gasteiger partial charge in [-0.3, -0.25) is 0 Å². The van der Waals surface area contributed by atoms with E-state index in [1.807, 2.05) is 109 Å². The molecule has 0 aliphatic rings. The average Bonchev–Trinajstić information content (AvgIpc) is 3.03. The third-order valence-electron chi connectivity index (χ3n) is 6.53. The lowest BCUT2D eigenvalue weighted by atomic mass is 10.2. The summed E-state index contributed by atoms with van der Waals surface area (Å²) in [6, 6.07) is 47.7. The van der Waals surface area contributed by atoms with E-state index in [-0.39, 0.29) is 9.79 Å². The highest BCUT2D eigenvalue weighted by atomic mass is 32.2. The van der Waals surface area contributed by atoms with Gasteiger partial charge in [0, 0.05) is 34.9 Å². The smallest absolute Gasteiger partial charge is 0.206 e. The summed E-state index contributed by atoms with van der Waals surface area (Å²) >= 11 is 0. The number of sulfone groups is 1. The van der Waals surface area contributed by atoms with Crippen LogP contribution in [0.2, 0.25) is 0 Å². The zero-order chi connectivity index (χ0) is 29.5. The number of rotatable bonds is 10. The monoisotopic (exact) mass is 584 g/mol. The average molecular weight is 585 g/mol. The van der Waals surface area contributed by atoms with Gasteiger partial charge in [0.2, 0.25) is 9.84 Å². The van der Waals surface area contributed by atoms with Crippen LogP contribution in [0.15, 0.2) is 168 Å². The Labute approximate surface area is 251 Å². The molecule has 0 aliphatic heterocycles. The predicted octanol–water partition coefficient (Wildman–Crippen LogP) is 9.59. The summed E-state index contributed by atoms with van der Waals surface area (Å²) in [6.45, 7) is 0. The molecule has 0 aromatic heterocycles. The molecule has 0 aliphatic carbocycles. The summed E-state index contributed by atoms with van der Waals surface area (Å²) in [5, 5.41) is 6.67. The molecule has 0 saturated heterocycles. The standard InChI is InChI=1S/C36H28N2O4S/c39-43(40,35-21-17-31(18-22-35)41-33-15-7-13-29(25-33)37-27-9-3-1-4-10-27)36-23-19-32(20-24-36)42-34-16-8-14-30(26-34)38-28-11-5-2-6-12-28/h1-26,37-38H. The maximum absolute atomic E-state index is 13.3. The van der Waals surface area contributed by atoms with Crippen LogP contribution < -0.4 is 20.1 Å². The van der Waals surface area contributed by atoms with Gasteiger partial charge in [-0.25, -0.2) is 8.42 Å². The first-order valence-corrected chi connectivity index (χ1v) is 15.1. The van der Waals surface area contributed by atoms with Crippen molar-refractivity contribution in [1.82, 2.24) is 0 Å². The molecule has 6 nitrogen and oxygen atoms in total. The second-order valence-corrected chi connectivity index (χ2v) is 11.6. The molecule has 0 heterocycles. The van der Waals surface area contributed by atoms with Crippen molar-refractivity contribution in [2.24, 2.45) is 0 Å². The molecule has 0 bridgehead atoms. The minimum atomic E-state index is -3.73. The van der Waals surface area contributed by atoms with E-state index >= 15 is 0 Å². The van der Waals surface area contributed by atoms with Crippen molar-refractivity contribution in [3.8, 4) is 23.0 Å². The Morgan fingerprint density at radius 1 is 0.372 bits per heavy atom. The minimum Gasteiger partial charge on any atom is -0.457 e. The number of anilines is 4. The molecule has 0 atom stereocenters. The fraction of sp³-hybridized carbons (Fsp3) is 0. The summed E-state index contributed by atoms with van der Waals surface area (Å²) in [5.41, 5.74) is 3.71. The van der Waals surface area contributed by atoms with Crippen LogP contribution in [-0.4, -0.2) is 8.42 Å². The van der Waals surface area contributed by atoms with E-state index in [9.17, 15) is 8.42 Å². The number of hydrogen-bond acceptors (Lipinski definition) is 6. The van der Waals surface area contributed by atoms with Crippen LogP contribution in [-0.2, 0) is 9.84 Å². The minimum absolute atomic E-state index is 0.174. The zero-order valence-corrected chi connectivity index (χ0v) is 23.9. The lowest BCUT2D eigenvalue weighted by molar-refractivity contribution is 0.482. The van der Waals surface area contributed by atoms with Crippen molar-refractivity contribution in [1.29, 1.82) is 0 Å². The maximum Gasteiger partial charge on any atom is 0.206 e. The van der Waals surface area contributed by atoms with Crippen LogP contribution in [0.5, 0.6) is 23.0 Å². The number of benzene rings is 6. The molecule has 43 heavy (non-hydrogen) atoms. The van der Waals surface area contributed by atoms with Gasteiger partial charge in [0.1, 0.15) is 23.0 Å². The van der Waals surface area contributed by atoms with Crippen LogP contribution in [0.1, 0.15) is 0 Å². The van der Waals surface area contributed by atoms with Crippen LogP contribution in [0, 0.1) is 0 Å². The number of hydrogen-bond donors (Lipinski definition) is 2. The van der Waals surface area contributed by atoms with Crippen LogP contribution >= 0.6 is 0 Å². The van der Waals surface area contributed by atoms with Gasteiger partial charge in [0.25, 0.3) is 0 Å². The van der Waals surface area contributed by atoms with E-state index in [2.05, 4.69) is 10.6 Å². The van der Waals surface area contributed by atoms with Crippen molar-refractivity contribution in [3.63, 3.8) is 0 Å². The number of ether oxygens (including phenoxy) is 2. The molecule has 0 fully saturated rings.